The Morgan fingerprint density at radius 2 is 2.00 bits per heavy atom. The Morgan fingerprint density at radius 1 is 1.39 bits per heavy atom. The Kier molecular flexibility index (Phi) is 5.14. The molecular weight excluding hydrogens is 310 g/mol. The second-order valence-electron chi connectivity index (χ2n) is 6.54. The molecule has 1 unspecified atom stereocenters. The smallest absolute Gasteiger partial charge is 0.242 e. The number of hydrogen-bond acceptors (Lipinski definition) is 4. The first kappa shape index (κ1) is 17.5. The van der Waals surface area contributed by atoms with E-state index < -0.39 is 5.41 Å². The third-order valence-electron chi connectivity index (χ3n) is 4.32. The molecule has 0 aromatic heterocycles. The lowest BCUT2D eigenvalue weighted by atomic mass is 9.89. The second-order valence-corrected chi connectivity index (χ2v) is 6.94. The summed E-state index contributed by atoms with van der Waals surface area (Å²) in [5.41, 5.74) is 4.57. The summed E-state index contributed by atoms with van der Waals surface area (Å²) in [4.78, 5) is 23.8. The van der Waals surface area contributed by atoms with Crippen molar-refractivity contribution in [2.24, 2.45) is 16.4 Å². The molecule has 1 atom stereocenters. The molecule has 0 saturated heterocycles. The van der Waals surface area contributed by atoms with Crippen LogP contribution in [0.1, 0.15) is 46.1 Å². The van der Waals surface area contributed by atoms with Gasteiger partial charge in [-0.15, -0.1) is 0 Å². The van der Waals surface area contributed by atoms with Gasteiger partial charge in [-0.2, -0.15) is 5.10 Å². The number of anilines is 1. The highest BCUT2D eigenvalue weighted by Gasteiger charge is 2.30. The highest BCUT2D eigenvalue weighted by molar-refractivity contribution is 7.82. The monoisotopic (exact) mass is 333 g/mol. The van der Waals surface area contributed by atoms with Gasteiger partial charge in [0, 0.05) is 17.8 Å². The van der Waals surface area contributed by atoms with Crippen LogP contribution in [0, 0.1) is 11.3 Å². The van der Waals surface area contributed by atoms with Crippen LogP contribution < -0.4 is 9.73 Å². The molecule has 124 valence electrons. The van der Waals surface area contributed by atoms with Crippen molar-refractivity contribution in [3.63, 3.8) is 0 Å². The Morgan fingerprint density at radius 3 is 2.52 bits per heavy atom. The Balaban J connectivity index is 2.20. The average molecular weight is 333 g/mol. The van der Waals surface area contributed by atoms with Gasteiger partial charge in [-0.05, 0) is 24.1 Å². The van der Waals surface area contributed by atoms with E-state index in [2.05, 4.69) is 23.3 Å². The number of hydrazone groups is 1. The summed E-state index contributed by atoms with van der Waals surface area (Å²) >= 11 is 4.35. The van der Waals surface area contributed by atoms with Gasteiger partial charge in [0.25, 0.3) is 0 Å². The Hall–Kier alpha value is -1.82. The van der Waals surface area contributed by atoms with Gasteiger partial charge in [0.1, 0.15) is 0 Å². The maximum absolute atomic E-state index is 12.4. The molecule has 1 aliphatic heterocycles. The molecule has 1 aliphatic rings. The first-order valence-electron chi connectivity index (χ1n) is 7.76. The zero-order valence-corrected chi connectivity index (χ0v) is 14.9. The van der Waals surface area contributed by atoms with Crippen molar-refractivity contribution in [2.45, 2.75) is 40.5 Å². The SMILES string of the molecule is CCC(C)(C)C(=O)N(S)c1ccc(C2=NNC(=O)CC2C)cc1. The minimum atomic E-state index is -0.452. The maximum atomic E-state index is 12.4. The number of amides is 2. The van der Waals surface area contributed by atoms with Crippen LogP contribution in [0.3, 0.4) is 0 Å². The molecule has 0 radical (unpaired) electrons. The van der Waals surface area contributed by atoms with Gasteiger partial charge in [-0.1, -0.05) is 52.6 Å². The van der Waals surface area contributed by atoms with E-state index in [1.54, 1.807) is 0 Å². The molecule has 0 bridgehead atoms. The van der Waals surface area contributed by atoms with Gasteiger partial charge in [0.2, 0.25) is 11.8 Å². The zero-order valence-electron chi connectivity index (χ0n) is 14.0. The number of nitrogens with zero attached hydrogens (tertiary/aromatic N) is 2. The van der Waals surface area contributed by atoms with E-state index in [4.69, 9.17) is 0 Å². The zero-order chi connectivity index (χ0) is 17.2. The lowest BCUT2D eigenvalue weighted by Gasteiger charge is -2.27. The van der Waals surface area contributed by atoms with E-state index in [-0.39, 0.29) is 17.7 Å². The van der Waals surface area contributed by atoms with Crippen LogP contribution in [-0.4, -0.2) is 17.5 Å². The van der Waals surface area contributed by atoms with Crippen LogP contribution in [0.15, 0.2) is 29.4 Å². The van der Waals surface area contributed by atoms with Gasteiger partial charge in [-0.25, -0.2) is 5.43 Å². The van der Waals surface area contributed by atoms with Crippen molar-refractivity contribution in [3.05, 3.63) is 29.8 Å². The minimum absolute atomic E-state index is 0.0354. The molecule has 0 fully saturated rings. The summed E-state index contributed by atoms with van der Waals surface area (Å²) < 4.78 is 1.39. The maximum Gasteiger partial charge on any atom is 0.242 e. The van der Waals surface area contributed by atoms with E-state index in [0.717, 1.165) is 23.4 Å². The van der Waals surface area contributed by atoms with Gasteiger partial charge in [-0.3, -0.25) is 13.9 Å². The minimum Gasteiger partial charge on any atom is -0.273 e. The van der Waals surface area contributed by atoms with Crippen LogP contribution in [0.4, 0.5) is 5.69 Å². The van der Waals surface area contributed by atoms with Gasteiger partial charge in [0.05, 0.1) is 11.4 Å². The highest BCUT2D eigenvalue weighted by atomic mass is 32.1. The molecule has 1 heterocycles. The second kappa shape index (κ2) is 6.74. The van der Waals surface area contributed by atoms with Crippen LogP contribution >= 0.6 is 12.8 Å². The number of rotatable bonds is 4. The summed E-state index contributed by atoms with van der Waals surface area (Å²) in [5, 5.41) is 4.14. The molecule has 6 heteroatoms. The third-order valence-corrected chi connectivity index (χ3v) is 4.73. The highest BCUT2D eigenvalue weighted by Crippen LogP contribution is 2.28. The molecule has 2 rings (SSSR count). The number of thiol groups is 1. The lowest BCUT2D eigenvalue weighted by Crippen LogP contribution is -2.35. The van der Waals surface area contributed by atoms with E-state index in [0.29, 0.717) is 6.42 Å². The van der Waals surface area contributed by atoms with Crippen molar-refractivity contribution < 1.29 is 9.59 Å². The van der Waals surface area contributed by atoms with Gasteiger partial charge < -0.3 is 0 Å². The van der Waals surface area contributed by atoms with Crippen LogP contribution in [0.2, 0.25) is 0 Å². The standard InChI is InChI=1S/C17H23N3O2S/c1-5-17(3,4)16(22)20(23)13-8-6-12(7-9-13)15-11(2)10-14(21)18-19-15/h6-9,11,23H,5,10H2,1-4H3,(H,18,21). The summed E-state index contributed by atoms with van der Waals surface area (Å²) in [5.74, 6) is -0.0270. The number of carbonyl (C=O) groups excluding carboxylic acids is 2. The fraction of sp³-hybridized carbons (Fsp3) is 0.471. The number of nitrogens with one attached hydrogen (secondary N) is 1. The largest absolute Gasteiger partial charge is 0.273 e. The summed E-state index contributed by atoms with van der Waals surface area (Å²) in [6.07, 6.45) is 1.18. The normalized spacial score (nSPS) is 18.2. The van der Waals surface area contributed by atoms with E-state index in [9.17, 15) is 9.59 Å². The molecule has 23 heavy (non-hydrogen) atoms. The molecule has 2 amide bonds. The number of carbonyl (C=O) groups is 2. The van der Waals surface area contributed by atoms with E-state index >= 15 is 0 Å². The van der Waals surface area contributed by atoms with E-state index in [1.165, 1.54) is 4.31 Å². The first-order chi connectivity index (χ1) is 10.8. The fourth-order valence-electron chi connectivity index (χ4n) is 2.33. The van der Waals surface area contributed by atoms with Crippen molar-refractivity contribution in [2.75, 3.05) is 4.31 Å². The molecule has 0 saturated carbocycles. The molecule has 1 aromatic carbocycles. The average Bonchev–Trinajstić information content (AvgIpc) is 2.53. The van der Waals surface area contributed by atoms with E-state index in [1.807, 2.05) is 52.0 Å². The van der Waals surface area contributed by atoms with Crippen LogP contribution in [0.5, 0.6) is 0 Å². The van der Waals surface area contributed by atoms with Crippen molar-refractivity contribution in [1.82, 2.24) is 5.43 Å². The molecule has 1 N–H and O–H groups in total. The van der Waals surface area contributed by atoms with Crippen LogP contribution in [-0.2, 0) is 9.59 Å². The molecule has 1 aromatic rings. The van der Waals surface area contributed by atoms with Crippen LogP contribution in [0.25, 0.3) is 0 Å². The summed E-state index contributed by atoms with van der Waals surface area (Å²) in [6, 6.07) is 7.49. The lowest BCUT2D eigenvalue weighted by molar-refractivity contribution is -0.125. The Labute approximate surface area is 142 Å². The number of benzene rings is 1. The summed E-state index contributed by atoms with van der Waals surface area (Å²) in [6.45, 7) is 7.78. The molecule has 0 spiro atoms. The quantitative estimate of drug-likeness (QED) is 0.832. The first-order valence-corrected chi connectivity index (χ1v) is 8.16. The third kappa shape index (κ3) is 3.75. The van der Waals surface area contributed by atoms with Gasteiger partial charge in [0.15, 0.2) is 0 Å². The molecule has 5 nitrogen and oxygen atoms in total. The van der Waals surface area contributed by atoms with Crippen molar-refractivity contribution in [3.8, 4) is 0 Å². The Bertz CT molecular complexity index is 638. The predicted molar refractivity (Wildman–Crippen MR) is 95.4 cm³/mol. The number of hydrogen-bond donors (Lipinski definition) is 2. The molecular formula is C17H23N3O2S. The van der Waals surface area contributed by atoms with Crippen molar-refractivity contribution in [1.29, 1.82) is 0 Å². The van der Waals surface area contributed by atoms with Gasteiger partial charge >= 0.3 is 0 Å². The predicted octanol–water partition coefficient (Wildman–Crippen LogP) is 3.16. The topological polar surface area (TPSA) is 61.8 Å². The summed E-state index contributed by atoms with van der Waals surface area (Å²) in [7, 11) is 0. The van der Waals surface area contributed by atoms with Crippen molar-refractivity contribution >= 4 is 36.0 Å². The fourth-order valence-corrected chi connectivity index (χ4v) is 2.73. The molecule has 0 aliphatic carbocycles.